The first-order valence-corrected chi connectivity index (χ1v) is 8.35. The molecule has 0 fully saturated rings. The Balaban J connectivity index is 2.33. The second kappa shape index (κ2) is 6.53. The lowest BCUT2D eigenvalue weighted by Gasteiger charge is -2.40. The third kappa shape index (κ3) is 3.89. The summed E-state index contributed by atoms with van der Waals surface area (Å²) in [5.74, 6) is 1.24. The third-order valence-electron chi connectivity index (χ3n) is 4.15. The number of aliphatic hydroxyl groups excluding tert-OH is 1. The van der Waals surface area contributed by atoms with E-state index in [1.807, 2.05) is 12.1 Å². The van der Waals surface area contributed by atoms with Gasteiger partial charge in [0.25, 0.3) is 0 Å². The van der Waals surface area contributed by atoms with Crippen LogP contribution in [-0.2, 0) is 5.41 Å². The SMILES string of the molecule is CC(C)=CC(CCO)C1CC(C)(C)c2cc(Br)ccc2O1. The number of aliphatic hydroxyl groups is 1. The summed E-state index contributed by atoms with van der Waals surface area (Å²) in [6.45, 7) is 8.94. The zero-order chi connectivity index (χ0) is 15.6. The Kier molecular flexibility index (Phi) is 5.15. The topological polar surface area (TPSA) is 29.5 Å². The van der Waals surface area contributed by atoms with Gasteiger partial charge in [-0.05, 0) is 50.3 Å². The van der Waals surface area contributed by atoms with Gasteiger partial charge in [-0.1, -0.05) is 41.4 Å². The predicted octanol–water partition coefficient (Wildman–Crippen LogP) is 4.84. The summed E-state index contributed by atoms with van der Waals surface area (Å²) < 4.78 is 7.35. The van der Waals surface area contributed by atoms with Gasteiger partial charge in [-0.15, -0.1) is 0 Å². The summed E-state index contributed by atoms with van der Waals surface area (Å²) in [6, 6.07) is 6.23. The number of halogens is 1. The van der Waals surface area contributed by atoms with Crippen molar-refractivity contribution in [3.8, 4) is 5.75 Å². The third-order valence-corrected chi connectivity index (χ3v) is 4.64. The second-order valence-electron chi connectivity index (χ2n) is 6.80. The van der Waals surface area contributed by atoms with Gasteiger partial charge < -0.3 is 9.84 Å². The van der Waals surface area contributed by atoms with Gasteiger partial charge in [-0.3, -0.25) is 0 Å². The number of hydrogen-bond donors (Lipinski definition) is 1. The molecule has 0 bridgehead atoms. The van der Waals surface area contributed by atoms with Gasteiger partial charge in [-0.25, -0.2) is 0 Å². The molecule has 1 aliphatic rings. The Morgan fingerprint density at radius 3 is 2.81 bits per heavy atom. The van der Waals surface area contributed by atoms with Gasteiger partial charge in [0.15, 0.2) is 0 Å². The van der Waals surface area contributed by atoms with Crippen molar-refractivity contribution in [2.24, 2.45) is 5.92 Å². The second-order valence-corrected chi connectivity index (χ2v) is 7.72. The average Bonchev–Trinajstić information content (AvgIpc) is 2.38. The molecule has 0 amide bonds. The van der Waals surface area contributed by atoms with Crippen molar-refractivity contribution in [2.45, 2.75) is 52.1 Å². The summed E-state index contributed by atoms with van der Waals surface area (Å²) in [7, 11) is 0. The molecule has 2 unspecified atom stereocenters. The smallest absolute Gasteiger partial charge is 0.123 e. The minimum Gasteiger partial charge on any atom is -0.489 e. The highest BCUT2D eigenvalue weighted by molar-refractivity contribution is 9.10. The van der Waals surface area contributed by atoms with Crippen LogP contribution in [0.15, 0.2) is 34.3 Å². The van der Waals surface area contributed by atoms with Crippen LogP contribution in [0.2, 0.25) is 0 Å². The van der Waals surface area contributed by atoms with Crippen LogP contribution < -0.4 is 4.74 Å². The standard InChI is InChI=1S/C18H25BrO2/c1-12(2)9-13(7-8-20)17-11-18(3,4)15-10-14(19)5-6-16(15)21-17/h5-6,9-10,13,17,20H,7-8,11H2,1-4H3. The zero-order valence-electron chi connectivity index (χ0n) is 13.3. The predicted molar refractivity (Wildman–Crippen MR) is 90.8 cm³/mol. The van der Waals surface area contributed by atoms with E-state index >= 15 is 0 Å². The van der Waals surface area contributed by atoms with Crippen LogP contribution in [0.4, 0.5) is 0 Å². The molecular weight excluding hydrogens is 328 g/mol. The fraction of sp³-hybridized carbons (Fsp3) is 0.556. The molecule has 0 saturated heterocycles. The molecule has 0 radical (unpaired) electrons. The van der Waals surface area contributed by atoms with E-state index in [1.165, 1.54) is 11.1 Å². The molecule has 1 aliphatic heterocycles. The van der Waals surface area contributed by atoms with Gasteiger partial charge in [-0.2, -0.15) is 0 Å². The van der Waals surface area contributed by atoms with Crippen molar-refractivity contribution < 1.29 is 9.84 Å². The maximum atomic E-state index is 9.35. The van der Waals surface area contributed by atoms with E-state index < -0.39 is 0 Å². The molecule has 1 aromatic carbocycles. The lowest BCUT2D eigenvalue weighted by molar-refractivity contribution is 0.0854. The van der Waals surface area contributed by atoms with Gasteiger partial charge in [0, 0.05) is 22.6 Å². The first-order valence-electron chi connectivity index (χ1n) is 7.56. The first kappa shape index (κ1) is 16.6. The summed E-state index contributed by atoms with van der Waals surface area (Å²) in [5, 5.41) is 9.35. The minimum absolute atomic E-state index is 0.0746. The van der Waals surface area contributed by atoms with Crippen LogP contribution in [0, 0.1) is 5.92 Å². The molecule has 2 atom stereocenters. The number of hydrogen-bond acceptors (Lipinski definition) is 2. The largest absolute Gasteiger partial charge is 0.489 e. The van der Waals surface area contributed by atoms with E-state index in [1.54, 1.807) is 0 Å². The zero-order valence-corrected chi connectivity index (χ0v) is 14.9. The van der Waals surface area contributed by atoms with E-state index in [4.69, 9.17) is 4.74 Å². The normalized spacial score (nSPS) is 21.1. The minimum atomic E-state index is 0.0746. The molecule has 21 heavy (non-hydrogen) atoms. The Morgan fingerprint density at radius 2 is 2.19 bits per heavy atom. The number of benzene rings is 1. The van der Waals surface area contributed by atoms with E-state index in [2.05, 4.69) is 55.8 Å². The average molecular weight is 353 g/mol. The van der Waals surface area contributed by atoms with Crippen LogP contribution in [0.25, 0.3) is 0 Å². The molecule has 0 aromatic heterocycles. The van der Waals surface area contributed by atoms with E-state index in [-0.39, 0.29) is 24.0 Å². The Morgan fingerprint density at radius 1 is 1.48 bits per heavy atom. The Hall–Kier alpha value is -0.800. The highest BCUT2D eigenvalue weighted by atomic mass is 79.9. The highest BCUT2D eigenvalue weighted by Crippen LogP contribution is 2.44. The fourth-order valence-electron chi connectivity index (χ4n) is 3.14. The number of allylic oxidation sites excluding steroid dienone is 1. The van der Waals surface area contributed by atoms with Crippen molar-refractivity contribution in [1.29, 1.82) is 0 Å². The monoisotopic (exact) mass is 352 g/mol. The molecule has 116 valence electrons. The van der Waals surface area contributed by atoms with Crippen molar-refractivity contribution in [3.63, 3.8) is 0 Å². The molecule has 0 saturated carbocycles. The summed E-state index contributed by atoms with van der Waals surface area (Å²) in [5.41, 5.74) is 2.61. The Labute approximate surface area is 136 Å². The van der Waals surface area contributed by atoms with Crippen molar-refractivity contribution in [3.05, 3.63) is 39.9 Å². The number of ether oxygens (including phenoxy) is 1. The molecule has 1 heterocycles. The van der Waals surface area contributed by atoms with Crippen LogP contribution in [0.3, 0.4) is 0 Å². The number of fused-ring (bicyclic) bond motifs is 1. The van der Waals surface area contributed by atoms with Crippen molar-refractivity contribution in [1.82, 2.24) is 0 Å². The van der Waals surface area contributed by atoms with E-state index in [0.717, 1.165) is 23.1 Å². The fourth-order valence-corrected chi connectivity index (χ4v) is 3.51. The van der Waals surface area contributed by atoms with Crippen LogP contribution in [-0.4, -0.2) is 17.8 Å². The van der Waals surface area contributed by atoms with Crippen molar-refractivity contribution in [2.75, 3.05) is 6.61 Å². The summed E-state index contributed by atoms with van der Waals surface area (Å²) in [6.07, 6.45) is 4.07. The lowest BCUT2D eigenvalue weighted by Crippen LogP contribution is -2.38. The quantitative estimate of drug-likeness (QED) is 0.785. The van der Waals surface area contributed by atoms with Crippen LogP contribution in [0.5, 0.6) is 5.75 Å². The molecule has 0 spiro atoms. The maximum Gasteiger partial charge on any atom is 0.123 e. The molecule has 3 heteroatoms. The first-order chi connectivity index (χ1) is 9.83. The van der Waals surface area contributed by atoms with E-state index in [0.29, 0.717) is 0 Å². The van der Waals surface area contributed by atoms with Crippen LogP contribution >= 0.6 is 15.9 Å². The van der Waals surface area contributed by atoms with Gasteiger partial charge in [0.2, 0.25) is 0 Å². The van der Waals surface area contributed by atoms with Crippen molar-refractivity contribution >= 4 is 15.9 Å². The Bertz CT molecular complexity index is 530. The molecule has 1 N–H and O–H groups in total. The molecule has 2 nitrogen and oxygen atoms in total. The van der Waals surface area contributed by atoms with Gasteiger partial charge in [0.05, 0.1) is 0 Å². The lowest BCUT2D eigenvalue weighted by atomic mass is 9.74. The molecule has 2 rings (SSSR count). The molecule has 0 aliphatic carbocycles. The van der Waals surface area contributed by atoms with Gasteiger partial charge >= 0.3 is 0 Å². The maximum absolute atomic E-state index is 9.35. The molecule has 1 aromatic rings. The van der Waals surface area contributed by atoms with Crippen LogP contribution in [0.1, 0.15) is 46.1 Å². The van der Waals surface area contributed by atoms with Gasteiger partial charge in [0.1, 0.15) is 11.9 Å². The number of rotatable bonds is 4. The van der Waals surface area contributed by atoms with E-state index in [9.17, 15) is 5.11 Å². The highest BCUT2D eigenvalue weighted by Gasteiger charge is 2.37. The summed E-state index contributed by atoms with van der Waals surface area (Å²) in [4.78, 5) is 0. The molecular formula is C18H25BrO2. The summed E-state index contributed by atoms with van der Waals surface area (Å²) >= 11 is 3.55.